The predicted octanol–water partition coefficient (Wildman–Crippen LogP) is 7.99. The number of hydrogen-bond donors (Lipinski definition) is 5. The number of nitrogen functional groups attached to an aromatic ring is 1. The number of benzene rings is 3. The maximum Gasteiger partial charge on any atom is 0.267 e. The second-order valence-electron chi connectivity index (χ2n) is 21.3. The molecule has 1 saturated carbocycles. The van der Waals surface area contributed by atoms with Gasteiger partial charge >= 0.3 is 0 Å². The van der Waals surface area contributed by atoms with E-state index < -0.39 is 21.6 Å². The lowest BCUT2D eigenvalue weighted by molar-refractivity contribution is -0.0832. The highest BCUT2D eigenvalue weighted by atomic mass is 32.2. The van der Waals surface area contributed by atoms with Crippen molar-refractivity contribution in [3.05, 3.63) is 89.9 Å². The highest BCUT2D eigenvalue weighted by Gasteiger charge is 2.50. The summed E-state index contributed by atoms with van der Waals surface area (Å²) < 4.78 is 58.7. The van der Waals surface area contributed by atoms with Gasteiger partial charge in [-0.05, 0) is 117 Å². The van der Waals surface area contributed by atoms with E-state index in [1.807, 2.05) is 35.4 Å². The third kappa shape index (κ3) is 8.43. The van der Waals surface area contributed by atoms with Gasteiger partial charge in [-0.25, -0.2) is 22.5 Å². The quantitative estimate of drug-likeness (QED) is 0.0743. The Morgan fingerprint density at radius 2 is 1.75 bits per heavy atom. The van der Waals surface area contributed by atoms with Crippen molar-refractivity contribution in [3.63, 3.8) is 0 Å². The molecule has 8 heterocycles. The molecule has 1 spiro atoms. The molecule has 1 aliphatic carbocycles. The Morgan fingerprint density at radius 1 is 0.944 bits per heavy atom. The molecule has 6 aliphatic rings. The average molecular weight is 986 g/mol. The van der Waals surface area contributed by atoms with Gasteiger partial charge in [0.25, 0.3) is 15.9 Å². The number of rotatable bonds is 12. The van der Waals surface area contributed by atoms with Gasteiger partial charge in [0.1, 0.15) is 34.0 Å². The Hall–Kier alpha value is -5.95. The lowest BCUT2D eigenvalue weighted by Gasteiger charge is -2.56. The van der Waals surface area contributed by atoms with Crippen LogP contribution in [0.5, 0.6) is 5.88 Å². The number of anilines is 5. The molecule has 18 heteroatoms. The van der Waals surface area contributed by atoms with Gasteiger partial charge in [0.2, 0.25) is 5.88 Å². The highest BCUT2D eigenvalue weighted by molar-refractivity contribution is 7.90. The third-order valence-electron chi connectivity index (χ3n) is 16.7. The number of imidazole rings is 1. The van der Waals surface area contributed by atoms with Crippen LogP contribution in [-0.2, 0) is 14.8 Å². The standard InChI is InChI=1S/C53H64FN11O5S/c1-33(2)38-6-3-4-7-39(38)42-8-5-17-64(42)36-27-52(28-36)12-18-62(19-13-52)35-9-10-40(43(25-35)65-22-23-70-51-44(65)24-34-11-16-56-49(34)60-51)50(66)61-71(67,68)45-26-41(55)46(48-47(45)58-32-59-48)57-31-53(54)14-20-63(21-15-53)37-29-69-30-37/h3-4,6-7,9-11,16,24-26,32-33,36-37,42,57H,5,8,12-15,17-23,27-31,55H2,1-2H3,(H,56,60)(H,58,59)(H,61,66)/t42-/m0/s1. The number of fused-ring (bicyclic) bond motifs is 3. The van der Waals surface area contributed by atoms with E-state index in [1.54, 1.807) is 6.07 Å². The summed E-state index contributed by atoms with van der Waals surface area (Å²) in [6.07, 6.45) is 10.9. The number of alkyl halides is 1. The fraction of sp³-hybridized carbons (Fsp3) is 0.491. The molecular formula is C53H64FN11O5S. The number of carbonyl (C=O) groups is 1. The summed E-state index contributed by atoms with van der Waals surface area (Å²) in [5.41, 5.74) is 12.2. The maximum atomic E-state index is 16.1. The van der Waals surface area contributed by atoms with Crippen LogP contribution in [0.1, 0.15) is 98.7 Å². The van der Waals surface area contributed by atoms with Gasteiger partial charge < -0.3 is 40.3 Å². The van der Waals surface area contributed by atoms with Gasteiger partial charge in [0.15, 0.2) is 0 Å². The number of halogens is 1. The third-order valence-corrected chi connectivity index (χ3v) is 18.1. The number of piperidine rings is 2. The summed E-state index contributed by atoms with van der Waals surface area (Å²) in [7, 11) is -4.56. The van der Waals surface area contributed by atoms with Crippen LogP contribution in [0, 0.1) is 5.41 Å². The van der Waals surface area contributed by atoms with Crippen molar-refractivity contribution >= 4 is 66.4 Å². The molecule has 4 saturated heterocycles. The van der Waals surface area contributed by atoms with E-state index in [1.165, 1.54) is 49.2 Å². The van der Waals surface area contributed by atoms with Crippen LogP contribution in [0.3, 0.4) is 0 Å². The molecular weight excluding hydrogens is 922 g/mol. The number of aromatic nitrogens is 4. The number of H-pyrrole nitrogens is 2. The normalized spacial score (nSPS) is 21.9. The molecule has 6 N–H and O–H groups in total. The van der Waals surface area contributed by atoms with Crippen molar-refractivity contribution in [2.24, 2.45) is 5.41 Å². The van der Waals surface area contributed by atoms with Crippen molar-refractivity contribution in [2.45, 2.75) is 99.8 Å². The summed E-state index contributed by atoms with van der Waals surface area (Å²) in [6.45, 7) is 10.8. The van der Waals surface area contributed by atoms with Gasteiger partial charge in [-0.3, -0.25) is 14.6 Å². The van der Waals surface area contributed by atoms with Gasteiger partial charge in [-0.1, -0.05) is 38.1 Å². The molecule has 1 atom stereocenters. The van der Waals surface area contributed by atoms with Crippen molar-refractivity contribution in [3.8, 4) is 5.88 Å². The summed E-state index contributed by atoms with van der Waals surface area (Å²) >= 11 is 0. The molecule has 3 aromatic heterocycles. The lowest BCUT2D eigenvalue weighted by Crippen LogP contribution is -2.55. The number of sulfonamides is 1. The number of hydrogen-bond acceptors (Lipinski definition) is 13. The minimum Gasteiger partial charge on any atom is -0.474 e. The number of nitrogens with two attached hydrogens (primary N) is 1. The van der Waals surface area contributed by atoms with E-state index in [2.05, 4.69) is 77.8 Å². The van der Waals surface area contributed by atoms with Crippen LogP contribution in [-0.4, -0.2) is 127 Å². The first kappa shape index (κ1) is 46.1. The average Bonchev–Trinajstić information content (AvgIpc) is 4.14. The van der Waals surface area contributed by atoms with Gasteiger partial charge in [-0.15, -0.1) is 0 Å². The fourth-order valence-electron chi connectivity index (χ4n) is 12.6. The predicted molar refractivity (Wildman–Crippen MR) is 274 cm³/mol. The van der Waals surface area contributed by atoms with E-state index in [9.17, 15) is 13.2 Å². The van der Waals surface area contributed by atoms with Gasteiger partial charge in [0, 0.05) is 62.1 Å². The molecule has 12 rings (SSSR count). The highest BCUT2D eigenvalue weighted by Crippen LogP contribution is 2.54. The summed E-state index contributed by atoms with van der Waals surface area (Å²) in [5, 5.41) is 4.05. The largest absolute Gasteiger partial charge is 0.474 e. The Labute approximate surface area is 413 Å². The van der Waals surface area contributed by atoms with Crippen LogP contribution in [0.4, 0.5) is 32.8 Å². The minimum absolute atomic E-state index is 0.00980. The minimum atomic E-state index is -4.56. The fourth-order valence-corrected chi connectivity index (χ4v) is 13.7. The van der Waals surface area contributed by atoms with Crippen molar-refractivity contribution < 1.29 is 27.1 Å². The number of pyridine rings is 1. The van der Waals surface area contributed by atoms with Crippen molar-refractivity contribution in [1.29, 1.82) is 0 Å². The molecule has 5 fully saturated rings. The van der Waals surface area contributed by atoms with Crippen molar-refractivity contribution in [1.82, 2.24) is 34.5 Å². The van der Waals surface area contributed by atoms with Crippen LogP contribution in [0.15, 0.2) is 78.1 Å². The van der Waals surface area contributed by atoms with E-state index in [4.69, 9.17) is 20.2 Å². The number of nitrogens with zero attached hydrogens (tertiary/aromatic N) is 6. The second kappa shape index (κ2) is 18.0. The summed E-state index contributed by atoms with van der Waals surface area (Å²) in [6, 6.07) is 21.3. The van der Waals surface area contributed by atoms with Crippen LogP contribution >= 0.6 is 0 Å². The van der Waals surface area contributed by atoms with E-state index in [0.717, 1.165) is 43.5 Å². The lowest BCUT2D eigenvalue weighted by atomic mass is 9.59. The first-order chi connectivity index (χ1) is 34.3. The van der Waals surface area contributed by atoms with Crippen molar-refractivity contribution in [2.75, 3.05) is 86.5 Å². The zero-order valence-corrected chi connectivity index (χ0v) is 41.4. The maximum absolute atomic E-state index is 16.1. The topological polar surface area (TPSA) is 190 Å². The summed E-state index contributed by atoms with van der Waals surface area (Å²) in [5.74, 6) is 0.104. The number of likely N-dealkylation sites (tertiary alicyclic amines) is 2. The molecule has 0 bridgehead atoms. The molecule has 1 amide bonds. The monoisotopic (exact) mass is 985 g/mol. The molecule has 3 aromatic carbocycles. The zero-order valence-electron chi connectivity index (χ0n) is 40.6. The smallest absolute Gasteiger partial charge is 0.267 e. The van der Waals surface area contributed by atoms with Crippen LogP contribution < -0.4 is 30.3 Å². The van der Waals surface area contributed by atoms with E-state index >= 15 is 4.39 Å². The molecule has 5 aliphatic heterocycles. The number of ether oxygens (including phenoxy) is 2. The van der Waals surface area contributed by atoms with Gasteiger partial charge in [-0.2, -0.15) is 4.98 Å². The molecule has 6 aromatic rings. The molecule has 16 nitrogen and oxygen atoms in total. The summed E-state index contributed by atoms with van der Waals surface area (Å²) in [4.78, 5) is 39.1. The Balaban J connectivity index is 0.783. The Kier molecular flexibility index (Phi) is 11.7. The van der Waals surface area contributed by atoms with E-state index in [-0.39, 0.29) is 28.2 Å². The number of carbonyl (C=O) groups excluding carboxylic acids is 1. The molecule has 374 valence electrons. The number of nitrogens with one attached hydrogen (secondary N) is 4. The van der Waals surface area contributed by atoms with Crippen LogP contribution in [0.25, 0.3) is 22.1 Å². The Bertz CT molecular complexity index is 3090. The van der Waals surface area contributed by atoms with E-state index in [0.29, 0.717) is 116 Å². The first-order valence-electron chi connectivity index (χ1n) is 25.5. The zero-order chi connectivity index (χ0) is 48.6. The first-order valence-corrected chi connectivity index (χ1v) is 27.0. The Morgan fingerprint density at radius 3 is 2.52 bits per heavy atom. The van der Waals surface area contributed by atoms with Crippen LogP contribution in [0.2, 0.25) is 0 Å². The number of aromatic amines is 2. The molecule has 71 heavy (non-hydrogen) atoms. The molecule has 0 unspecified atom stereocenters. The number of amides is 1. The second-order valence-corrected chi connectivity index (χ2v) is 22.9. The molecule has 0 radical (unpaired) electrons. The SMILES string of the molecule is CC(C)c1ccccc1[C@@H]1CCCN1C1CC2(CCN(c3ccc(C(=O)NS(=O)(=O)c4cc(N)c(NCC5(F)CCN(C6COC6)CC5)c5[nH]cnc45)c(N4CCOc5nc6[nH]ccc6cc54)c3)CC2)C1. The van der Waals surface area contributed by atoms with Gasteiger partial charge in [0.05, 0.1) is 60.3 Å².